The van der Waals surface area contributed by atoms with Gasteiger partial charge in [0, 0.05) is 31.4 Å². The molecule has 1 saturated heterocycles. The SMILES string of the molecule is CC1CN(CC(=O)Nc2ccc(F)cc2)CCN1. The lowest BCUT2D eigenvalue weighted by Gasteiger charge is -2.31. The molecule has 4 nitrogen and oxygen atoms in total. The summed E-state index contributed by atoms with van der Waals surface area (Å²) in [6.07, 6.45) is 0. The van der Waals surface area contributed by atoms with Crippen molar-refractivity contribution < 1.29 is 9.18 Å². The summed E-state index contributed by atoms with van der Waals surface area (Å²) in [4.78, 5) is 13.9. The van der Waals surface area contributed by atoms with E-state index >= 15 is 0 Å². The minimum absolute atomic E-state index is 0.0595. The Kier molecular flexibility index (Phi) is 4.28. The van der Waals surface area contributed by atoms with Crippen molar-refractivity contribution in [2.24, 2.45) is 0 Å². The van der Waals surface area contributed by atoms with E-state index in [0.29, 0.717) is 18.3 Å². The van der Waals surface area contributed by atoms with E-state index in [1.807, 2.05) is 0 Å². The number of carbonyl (C=O) groups is 1. The molecule has 2 N–H and O–H groups in total. The molecule has 1 aromatic carbocycles. The predicted molar refractivity (Wildman–Crippen MR) is 68.9 cm³/mol. The van der Waals surface area contributed by atoms with E-state index in [0.717, 1.165) is 19.6 Å². The molecule has 98 valence electrons. The van der Waals surface area contributed by atoms with Crippen LogP contribution in [0.1, 0.15) is 6.92 Å². The van der Waals surface area contributed by atoms with Gasteiger partial charge in [0.1, 0.15) is 5.82 Å². The van der Waals surface area contributed by atoms with E-state index in [1.165, 1.54) is 12.1 Å². The number of hydrogen-bond donors (Lipinski definition) is 2. The van der Waals surface area contributed by atoms with Gasteiger partial charge in [-0.2, -0.15) is 0 Å². The van der Waals surface area contributed by atoms with Gasteiger partial charge in [0.2, 0.25) is 5.91 Å². The Morgan fingerprint density at radius 2 is 2.22 bits per heavy atom. The summed E-state index contributed by atoms with van der Waals surface area (Å²) in [5.74, 6) is -0.361. The highest BCUT2D eigenvalue weighted by Crippen LogP contribution is 2.08. The highest BCUT2D eigenvalue weighted by atomic mass is 19.1. The molecule has 1 unspecified atom stereocenters. The summed E-state index contributed by atoms with van der Waals surface area (Å²) in [5.41, 5.74) is 0.629. The van der Waals surface area contributed by atoms with Crippen LogP contribution in [0, 0.1) is 5.82 Å². The number of halogens is 1. The van der Waals surface area contributed by atoms with Gasteiger partial charge in [-0.25, -0.2) is 4.39 Å². The Labute approximate surface area is 106 Å². The number of carbonyl (C=O) groups excluding carboxylic acids is 1. The second-order valence-corrected chi connectivity index (χ2v) is 4.65. The molecule has 2 rings (SSSR count). The lowest BCUT2D eigenvalue weighted by molar-refractivity contribution is -0.117. The van der Waals surface area contributed by atoms with Crippen molar-refractivity contribution in [2.75, 3.05) is 31.5 Å². The van der Waals surface area contributed by atoms with Crippen LogP contribution in [-0.4, -0.2) is 43.0 Å². The summed E-state index contributed by atoms with van der Waals surface area (Å²) in [7, 11) is 0. The molecular weight excluding hydrogens is 233 g/mol. The van der Waals surface area contributed by atoms with E-state index in [4.69, 9.17) is 0 Å². The van der Waals surface area contributed by atoms with Crippen LogP contribution in [0.15, 0.2) is 24.3 Å². The third-order valence-electron chi connectivity index (χ3n) is 2.95. The Bertz CT molecular complexity index is 407. The molecule has 1 heterocycles. The number of rotatable bonds is 3. The molecule has 5 heteroatoms. The highest BCUT2D eigenvalue weighted by Gasteiger charge is 2.17. The molecule has 1 aliphatic rings. The molecule has 1 amide bonds. The van der Waals surface area contributed by atoms with Crippen LogP contribution in [0.2, 0.25) is 0 Å². The maximum absolute atomic E-state index is 12.7. The van der Waals surface area contributed by atoms with E-state index < -0.39 is 0 Å². The maximum atomic E-state index is 12.7. The van der Waals surface area contributed by atoms with E-state index in [9.17, 15) is 9.18 Å². The van der Waals surface area contributed by atoms with E-state index in [-0.39, 0.29) is 11.7 Å². The minimum Gasteiger partial charge on any atom is -0.325 e. The fourth-order valence-corrected chi connectivity index (χ4v) is 2.09. The number of nitrogens with zero attached hydrogens (tertiary/aromatic N) is 1. The average Bonchev–Trinajstić information content (AvgIpc) is 2.32. The molecule has 1 atom stereocenters. The third kappa shape index (κ3) is 3.78. The summed E-state index contributed by atoms with van der Waals surface area (Å²) < 4.78 is 12.7. The average molecular weight is 251 g/mol. The normalized spacial score (nSPS) is 20.7. The number of hydrogen-bond acceptors (Lipinski definition) is 3. The third-order valence-corrected chi connectivity index (χ3v) is 2.95. The van der Waals surface area contributed by atoms with Crippen molar-refractivity contribution in [3.05, 3.63) is 30.1 Å². The Morgan fingerprint density at radius 3 is 2.89 bits per heavy atom. The number of nitrogens with one attached hydrogen (secondary N) is 2. The molecule has 1 aliphatic heterocycles. The lowest BCUT2D eigenvalue weighted by atomic mass is 10.2. The first-order chi connectivity index (χ1) is 8.63. The minimum atomic E-state index is -0.302. The van der Waals surface area contributed by atoms with Crippen LogP contribution >= 0.6 is 0 Å². The second-order valence-electron chi connectivity index (χ2n) is 4.65. The first kappa shape index (κ1) is 13.0. The van der Waals surface area contributed by atoms with Crippen molar-refractivity contribution in [1.82, 2.24) is 10.2 Å². The number of amides is 1. The monoisotopic (exact) mass is 251 g/mol. The van der Waals surface area contributed by atoms with Crippen LogP contribution in [-0.2, 0) is 4.79 Å². The molecule has 0 aliphatic carbocycles. The molecule has 1 aromatic rings. The van der Waals surface area contributed by atoms with Crippen LogP contribution < -0.4 is 10.6 Å². The quantitative estimate of drug-likeness (QED) is 0.844. The largest absolute Gasteiger partial charge is 0.325 e. The van der Waals surface area contributed by atoms with E-state index in [1.54, 1.807) is 12.1 Å². The van der Waals surface area contributed by atoms with Gasteiger partial charge in [-0.15, -0.1) is 0 Å². The zero-order valence-corrected chi connectivity index (χ0v) is 10.4. The number of piperazine rings is 1. The van der Waals surface area contributed by atoms with Gasteiger partial charge in [0.15, 0.2) is 0 Å². The van der Waals surface area contributed by atoms with Crippen molar-refractivity contribution >= 4 is 11.6 Å². The van der Waals surface area contributed by atoms with Gasteiger partial charge in [-0.1, -0.05) is 0 Å². The van der Waals surface area contributed by atoms with Crippen LogP contribution in [0.4, 0.5) is 10.1 Å². The zero-order valence-electron chi connectivity index (χ0n) is 10.4. The van der Waals surface area contributed by atoms with Crippen LogP contribution in [0.25, 0.3) is 0 Å². The molecule has 0 radical (unpaired) electrons. The molecule has 18 heavy (non-hydrogen) atoms. The van der Waals surface area contributed by atoms with Crippen molar-refractivity contribution in [1.29, 1.82) is 0 Å². The van der Waals surface area contributed by atoms with Gasteiger partial charge in [-0.3, -0.25) is 9.69 Å². The van der Waals surface area contributed by atoms with Crippen molar-refractivity contribution in [3.8, 4) is 0 Å². The molecule has 0 spiro atoms. The summed E-state index contributed by atoms with van der Waals surface area (Å²) in [6.45, 7) is 5.14. The molecule has 0 bridgehead atoms. The topological polar surface area (TPSA) is 44.4 Å². The molecule has 1 fully saturated rings. The first-order valence-corrected chi connectivity index (χ1v) is 6.14. The standard InChI is InChI=1S/C13H18FN3O/c1-10-8-17(7-6-15-10)9-13(18)16-12-4-2-11(14)3-5-12/h2-5,10,15H,6-9H2,1H3,(H,16,18). The van der Waals surface area contributed by atoms with Gasteiger partial charge >= 0.3 is 0 Å². The van der Waals surface area contributed by atoms with Gasteiger partial charge in [-0.05, 0) is 31.2 Å². The lowest BCUT2D eigenvalue weighted by Crippen LogP contribution is -2.51. The Morgan fingerprint density at radius 1 is 1.50 bits per heavy atom. The molecular formula is C13H18FN3O. The smallest absolute Gasteiger partial charge is 0.238 e. The molecule has 0 aromatic heterocycles. The van der Waals surface area contributed by atoms with Crippen molar-refractivity contribution in [2.45, 2.75) is 13.0 Å². The fraction of sp³-hybridized carbons (Fsp3) is 0.462. The highest BCUT2D eigenvalue weighted by molar-refractivity contribution is 5.92. The maximum Gasteiger partial charge on any atom is 0.238 e. The summed E-state index contributed by atoms with van der Waals surface area (Å²) in [6, 6.07) is 6.21. The Hall–Kier alpha value is -1.46. The van der Waals surface area contributed by atoms with Gasteiger partial charge < -0.3 is 10.6 Å². The number of benzene rings is 1. The number of anilines is 1. The summed E-state index contributed by atoms with van der Waals surface area (Å²) >= 11 is 0. The van der Waals surface area contributed by atoms with Crippen LogP contribution in [0.3, 0.4) is 0 Å². The van der Waals surface area contributed by atoms with Crippen LogP contribution in [0.5, 0.6) is 0 Å². The molecule has 0 saturated carbocycles. The summed E-state index contributed by atoms with van der Waals surface area (Å²) in [5, 5.41) is 6.09. The van der Waals surface area contributed by atoms with Crippen molar-refractivity contribution in [3.63, 3.8) is 0 Å². The van der Waals surface area contributed by atoms with Gasteiger partial charge in [0.05, 0.1) is 6.54 Å². The predicted octanol–water partition coefficient (Wildman–Crippen LogP) is 1.06. The zero-order chi connectivity index (χ0) is 13.0. The Balaban J connectivity index is 1.83. The van der Waals surface area contributed by atoms with Gasteiger partial charge in [0.25, 0.3) is 0 Å². The fourth-order valence-electron chi connectivity index (χ4n) is 2.09. The first-order valence-electron chi connectivity index (χ1n) is 6.14. The second kappa shape index (κ2) is 5.93. The van der Waals surface area contributed by atoms with E-state index in [2.05, 4.69) is 22.5 Å².